The molecule has 1 aliphatic rings. The van der Waals surface area contributed by atoms with Crippen molar-refractivity contribution in [2.24, 2.45) is 5.10 Å². The van der Waals surface area contributed by atoms with Crippen molar-refractivity contribution < 1.29 is 9.53 Å². The topological polar surface area (TPSA) is 53.9 Å². The van der Waals surface area contributed by atoms with Gasteiger partial charge in [-0.25, -0.2) is 5.43 Å². The summed E-state index contributed by atoms with van der Waals surface area (Å²) in [6.45, 7) is 4.23. The van der Waals surface area contributed by atoms with Crippen LogP contribution < -0.4 is 15.1 Å². The van der Waals surface area contributed by atoms with E-state index in [-0.39, 0.29) is 5.91 Å². The smallest absolute Gasteiger partial charge is 0.271 e. The van der Waals surface area contributed by atoms with Crippen molar-refractivity contribution in [1.29, 1.82) is 0 Å². The molecule has 4 aromatic rings. The van der Waals surface area contributed by atoms with Gasteiger partial charge in [0, 0.05) is 29.9 Å². The Kier molecular flexibility index (Phi) is 5.77. The van der Waals surface area contributed by atoms with Gasteiger partial charge < -0.3 is 9.64 Å². The molecule has 0 fully saturated rings. The summed E-state index contributed by atoms with van der Waals surface area (Å²) in [6.07, 6.45) is 1.70. The van der Waals surface area contributed by atoms with Crippen molar-refractivity contribution in [3.05, 3.63) is 107 Å². The van der Waals surface area contributed by atoms with Crippen LogP contribution in [-0.2, 0) is 13.1 Å². The van der Waals surface area contributed by atoms with E-state index >= 15 is 0 Å². The fourth-order valence-corrected chi connectivity index (χ4v) is 4.23. The molecule has 0 aromatic heterocycles. The Labute approximate surface area is 193 Å². The van der Waals surface area contributed by atoms with Crippen molar-refractivity contribution in [3.63, 3.8) is 0 Å². The maximum absolute atomic E-state index is 12.7. The van der Waals surface area contributed by atoms with Gasteiger partial charge in [-0.3, -0.25) is 4.79 Å². The molecular weight excluding hydrogens is 410 g/mol. The number of nitrogens with one attached hydrogen (secondary N) is 1. The minimum atomic E-state index is -0.214. The van der Waals surface area contributed by atoms with Gasteiger partial charge in [0.1, 0.15) is 5.75 Å². The molecule has 5 rings (SSSR count). The Morgan fingerprint density at radius 3 is 2.61 bits per heavy atom. The Bertz CT molecular complexity index is 1320. The van der Waals surface area contributed by atoms with Crippen LogP contribution in [-0.4, -0.2) is 18.7 Å². The molecular formula is C28H25N3O2. The summed E-state index contributed by atoms with van der Waals surface area (Å²) >= 11 is 0. The number of rotatable bonds is 6. The van der Waals surface area contributed by atoms with Crippen molar-refractivity contribution >= 4 is 28.6 Å². The zero-order valence-electron chi connectivity index (χ0n) is 18.5. The highest BCUT2D eigenvalue weighted by atomic mass is 16.5. The van der Waals surface area contributed by atoms with Gasteiger partial charge in [0.15, 0.2) is 0 Å². The molecule has 0 unspecified atom stereocenters. The number of nitrogens with zero attached hydrogens (tertiary/aromatic N) is 2. The van der Waals surface area contributed by atoms with Gasteiger partial charge in [0.05, 0.1) is 12.8 Å². The van der Waals surface area contributed by atoms with Crippen LogP contribution in [0, 0.1) is 0 Å². The summed E-state index contributed by atoms with van der Waals surface area (Å²) in [5.41, 5.74) is 7.78. The van der Waals surface area contributed by atoms with Gasteiger partial charge in [-0.2, -0.15) is 5.10 Å². The molecule has 33 heavy (non-hydrogen) atoms. The van der Waals surface area contributed by atoms with Crippen molar-refractivity contribution in [3.8, 4) is 5.75 Å². The normalized spacial score (nSPS) is 12.8. The summed E-state index contributed by atoms with van der Waals surface area (Å²) in [5, 5.41) is 6.44. The molecule has 4 aromatic carbocycles. The fourth-order valence-electron chi connectivity index (χ4n) is 4.23. The van der Waals surface area contributed by atoms with Gasteiger partial charge in [0.25, 0.3) is 5.91 Å². The number of hydrogen-bond acceptors (Lipinski definition) is 4. The molecule has 5 nitrogen and oxygen atoms in total. The van der Waals surface area contributed by atoms with E-state index in [1.54, 1.807) is 6.21 Å². The number of carbonyl (C=O) groups excluding carboxylic acids is 1. The Balaban J connectivity index is 1.26. The van der Waals surface area contributed by atoms with E-state index in [1.807, 2.05) is 61.5 Å². The number of hydrogen-bond donors (Lipinski definition) is 1. The molecule has 0 saturated heterocycles. The highest BCUT2D eigenvalue weighted by Gasteiger charge is 2.20. The van der Waals surface area contributed by atoms with Gasteiger partial charge >= 0.3 is 0 Å². The van der Waals surface area contributed by atoms with Crippen LogP contribution in [0.5, 0.6) is 5.75 Å². The molecule has 0 bridgehead atoms. The van der Waals surface area contributed by atoms with Crippen LogP contribution in [0.4, 0.5) is 5.69 Å². The monoisotopic (exact) mass is 435 g/mol. The van der Waals surface area contributed by atoms with Crippen molar-refractivity contribution in [2.45, 2.75) is 20.0 Å². The quantitative estimate of drug-likeness (QED) is 0.320. The summed E-state index contributed by atoms with van der Waals surface area (Å²) in [4.78, 5) is 15.0. The fraction of sp³-hybridized carbons (Fsp3) is 0.143. The molecule has 0 aliphatic carbocycles. The van der Waals surface area contributed by atoms with Gasteiger partial charge in [-0.1, -0.05) is 48.5 Å². The first-order chi connectivity index (χ1) is 16.2. The zero-order chi connectivity index (χ0) is 22.6. The van der Waals surface area contributed by atoms with Crippen molar-refractivity contribution in [2.75, 3.05) is 11.5 Å². The van der Waals surface area contributed by atoms with Crippen molar-refractivity contribution in [1.82, 2.24) is 5.43 Å². The number of ether oxygens (including phenoxy) is 1. The van der Waals surface area contributed by atoms with Crippen LogP contribution in [0.3, 0.4) is 0 Å². The minimum Gasteiger partial charge on any atom is -0.494 e. The van der Waals surface area contributed by atoms with E-state index in [0.29, 0.717) is 12.2 Å². The first-order valence-electron chi connectivity index (χ1n) is 11.1. The van der Waals surface area contributed by atoms with Gasteiger partial charge in [-0.15, -0.1) is 0 Å². The lowest BCUT2D eigenvalue weighted by molar-refractivity contribution is 0.0955. The first kappa shape index (κ1) is 20.8. The largest absolute Gasteiger partial charge is 0.494 e. The van der Waals surface area contributed by atoms with E-state index in [9.17, 15) is 4.79 Å². The second kappa shape index (κ2) is 9.17. The van der Waals surface area contributed by atoms with E-state index in [0.717, 1.165) is 46.4 Å². The number of amides is 1. The first-order valence-corrected chi connectivity index (χ1v) is 11.1. The van der Waals surface area contributed by atoms with Gasteiger partial charge in [-0.05, 0) is 65.2 Å². The number of carbonyl (C=O) groups is 1. The molecule has 0 spiro atoms. The second-order valence-corrected chi connectivity index (χ2v) is 8.03. The van der Waals surface area contributed by atoms with Crippen LogP contribution in [0.2, 0.25) is 0 Å². The molecule has 164 valence electrons. The average molecular weight is 436 g/mol. The van der Waals surface area contributed by atoms with E-state index in [2.05, 4.69) is 45.8 Å². The third-order valence-electron chi connectivity index (χ3n) is 5.90. The summed E-state index contributed by atoms with van der Waals surface area (Å²) in [6, 6.07) is 28.2. The third-order valence-corrected chi connectivity index (χ3v) is 5.90. The van der Waals surface area contributed by atoms with Crippen LogP contribution in [0.25, 0.3) is 10.8 Å². The number of benzene rings is 4. The molecule has 1 heterocycles. The predicted octanol–water partition coefficient (Wildman–Crippen LogP) is 5.52. The highest BCUT2D eigenvalue weighted by molar-refractivity contribution is 6.00. The number of anilines is 1. The average Bonchev–Trinajstić information content (AvgIpc) is 3.28. The van der Waals surface area contributed by atoms with Gasteiger partial charge in [0.2, 0.25) is 0 Å². The molecule has 1 amide bonds. The van der Waals surface area contributed by atoms with Crippen LogP contribution >= 0.6 is 0 Å². The molecule has 1 aliphatic heterocycles. The summed E-state index contributed by atoms with van der Waals surface area (Å²) < 4.78 is 5.53. The Morgan fingerprint density at radius 1 is 0.970 bits per heavy atom. The third kappa shape index (κ3) is 4.44. The highest BCUT2D eigenvalue weighted by Crippen LogP contribution is 2.30. The molecule has 0 atom stereocenters. The lowest BCUT2D eigenvalue weighted by Gasteiger charge is -2.18. The number of fused-ring (bicyclic) bond motifs is 2. The number of hydrazone groups is 1. The van der Waals surface area contributed by atoms with E-state index in [1.165, 1.54) is 5.56 Å². The maximum Gasteiger partial charge on any atom is 0.271 e. The molecule has 0 radical (unpaired) electrons. The lowest BCUT2D eigenvalue weighted by Crippen LogP contribution is -2.18. The molecule has 0 saturated carbocycles. The maximum atomic E-state index is 12.7. The van der Waals surface area contributed by atoms with E-state index < -0.39 is 0 Å². The van der Waals surface area contributed by atoms with Crippen LogP contribution in [0.15, 0.2) is 90.0 Å². The molecule has 1 N–H and O–H groups in total. The Hall–Kier alpha value is -4.12. The summed E-state index contributed by atoms with van der Waals surface area (Å²) in [5.74, 6) is 0.662. The summed E-state index contributed by atoms with van der Waals surface area (Å²) in [7, 11) is 0. The second-order valence-electron chi connectivity index (χ2n) is 8.03. The lowest BCUT2D eigenvalue weighted by atomic mass is 10.1. The SMILES string of the molecule is CCOc1ccc(N2Cc3ccc(C(=O)N/N=C\c4cccc5ccccc45)cc3C2)cc1. The standard InChI is InChI=1S/C28H25N3O2/c1-2-33-26-14-12-25(13-15-26)31-18-23-11-10-21(16-24(23)19-31)28(32)30-29-17-22-8-5-7-20-6-3-4-9-27(20)22/h3-17H,2,18-19H2,1H3,(H,30,32)/b29-17-. The van der Waals surface area contributed by atoms with Crippen LogP contribution in [0.1, 0.15) is 34.0 Å². The minimum absolute atomic E-state index is 0.214. The van der Waals surface area contributed by atoms with E-state index in [4.69, 9.17) is 4.74 Å². The predicted molar refractivity (Wildman–Crippen MR) is 133 cm³/mol. The zero-order valence-corrected chi connectivity index (χ0v) is 18.5. The molecule has 5 heteroatoms. The Morgan fingerprint density at radius 2 is 1.76 bits per heavy atom.